The number of anilines is 1. The number of nitrogens with two attached hydrogens (primary N) is 1. The second kappa shape index (κ2) is 8.36. The van der Waals surface area contributed by atoms with Gasteiger partial charge in [0.2, 0.25) is 5.96 Å². The van der Waals surface area contributed by atoms with Gasteiger partial charge in [-0.15, -0.1) is 0 Å². The minimum absolute atomic E-state index is 0.576. The van der Waals surface area contributed by atoms with Crippen LogP contribution in [-0.2, 0) is 0 Å². The molecule has 1 rings (SSSR count). The van der Waals surface area contributed by atoms with Crippen LogP contribution >= 0.6 is 0 Å². The first-order valence-electron chi connectivity index (χ1n) is 6.31. The molecule has 4 N–H and O–H groups in total. The summed E-state index contributed by atoms with van der Waals surface area (Å²) in [5.74, 6) is 6.84. The third-order valence-corrected chi connectivity index (χ3v) is 2.35. The zero-order valence-electron chi connectivity index (χ0n) is 11.1. The number of hydrogen-bond donors (Lipinski definition) is 3. The van der Waals surface area contributed by atoms with Gasteiger partial charge in [-0.2, -0.15) is 0 Å². The van der Waals surface area contributed by atoms with E-state index < -0.39 is 0 Å². The molecule has 5 heteroatoms. The first-order valence-corrected chi connectivity index (χ1v) is 6.31. The number of nitrogens with zero attached hydrogens (tertiary/aromatic N) is 1. The minimum atomic E-state index is 0.576. The highest BCUT2D eigenvalue weighted by molar-refractivity contribution is 5.93. The largest absolute Gasteiger partial charge is 0.494 e. The molecule has 0 heterocycles. The Hall–Kier alpha value is -1.75. The molecule has 1 aromatic rings. The Morgan fingerprint density at radius 1 is 1.28 bits per heavy atom. The van der Waals surface area contributed by atoms with Gasteiger partial charge in [0.15, 0.2) is 0 Å². The summed E-state index contributed by atoms with van der Waals surface area (Å²) in [5, 5.41) is 3.12. The van der Waals surface area contributed by atoms with E-state index in [0.717, 1.165) is 30.8 Å². The highest BCUT2D eigenvalue weighted by Crippen LogP contribution is 2.15. The summed E-state index contributed by atoms with van der Waals surface area (Å²) in [4.78, 5) is 4.32. The Morgan fingerprint density at radius 2 is 2.00 bits per heavy atom. The lowest BCUT2D eigenvalue weighted by Gasteiger charge is -2.10. The molecule has 0 unspecified atom stereocenters. The fourth-order valence-corrected chi connectivity index (χ4v) is 1.41. The zero-order valence-corrected chi connectivity index (χ0v) is 11.1. The number of benzene rings is 1. The van der Waals surface area contributed by atoms with Gasteiger partial charge in [-0.25, -0.2) is 5.84 Å². The Kier molecular flexibility index (Phi) is 6.64. The predicted octanol–water partition coefficient (Wildman–Crippen LogP) is 2.12. The predicted molar refractivity (Wildman–Crippen MR) is 75.8 cm³/mol. The summed E-state index contributed by atoms with van der Waals surface area (Å²) in [6, 6.07) is 7.67. The number of nitrogens with one attached hydrogen (secondary N) is 2. The molecule has 0 radical (unpaired) electrons. The van der Waals surface area contributed by atoms with Crippen LogP contribution in [0.1, 0.15) is 26.7 Å². The van der Waals surface area contributed by atoms with E-state index in [0.29, 0.717) is 12.6 Å². The van der Waals surface area contributed by atoms with Crippen molar-refractivity contribution in [3.05, 3.63) is 24.3 Å². The fraction of sp³-hybridized carbons (Fsp3) is 0.462. The molecule has 0 aliphatic heterocycles. The average Bonchev–Trinajstić information content (AvgIpc) is 2.40. The van der Waals surface area contributed by atoms with Crippen LogP contribution in [0.3, 0.4) is 0 Å². The summed E-state index contributed by atoms with van der Waals surface area (Å²) >= 11 is 0. The van der Waals surface area contributed by atoms with Crippen LogP contribution in [0.15, 0.2) is 29.3 Å². The maximum atomic E-state index is 5.41. The number of hydrogen-bond acceptors (Lipinski definition) is 3. The number of guanidine groups is 1. The van der Waals surface area contributed by atoms with E-state index in [1.165, 1.54) is 0 Å². The first kappa shape index (κ1) is 14.3. The second-order valence-corrected chi connectivity index (χ2v) is 3.81. The lowest BCUT2D eigenvalue weighted by Crippen LogP contribution is -2.36. The Morgan fingerprint density at radius 3 is 2.56 bits per heavy atom. The maximum absolute atomic E-state index is 5.41. The Labute approximate surface area is 108 Å². The third kappa shape index (κ3) is 5.05. The second-order valence-electron chi connectivity index (χ2n) is 3.81. The lowest BCUT2D eigenvalue weighted by atomic mass is 10.3. The van der Waals surface area contributed by atoms with E-state index in [1.807, 2.05) is 31.2 Å². The van der Waals surface area contributed by atoms with E-state index in [4.69, 9.17) is 10.6 Å². The van der Waals surface area contributed by atoms with Crippen molar-refractivity contribution < 1.29 is 4.74 Å². The Bertz CT molecular complexity index is 362. The van der Waals surface area contributed by atoms with E-state index >= 15 is 0 Å². The monoisotopic (exact) mass is 250 g/mol. The van der Waals surface area contributed by atoms with Crippen LogP contribution in [0, 0.1) is 0 Å². The molecule has 0 amide bonds. The van der Waals surface area contributed by atoms with Crippen molar-refractivity contribution in [2.75, 3.05) is 18.5 Å². The molecule has 18 heavy (non-hydrogen) atoms. The zero-order chi connectivity index (χ0) is 13.2. The van der Waals surface area contributed by atoms with Crippen LogP contribution in [0.4, 0.5) is 5.69 Å². The van der Waals surface area contributed by atoms with Gasteiger partial charge < -0.3 is 10.1 Å². The van der Waals surface area contributed by atoms with Crippen molar-refractivity contribution in [3.63, 3.8) is 0 Å². The van der Waals surface area contributed by atoms with Crippen LogP contribution in [0.25, 0.3) is 0 Å². The summed E-state index contributed by atoms with van der Waals surface area (Å²) < 4.78 is 5.37. The van der Waals surface area contributed by atoms with Gasteiger partial charge in [0.05, 0.1) is 6.61 Å². The number of ether oxygens (including phenoxy) is 1. The molecule has 0 aromatic heterocycles. The topological polar surface area (TPSA) is 71.7 Å². The van der Waals surface area contributed by atoms with Crippen LogP contribution in [0.2, 0.25) is 0 Å². The first-order chi connectivity index (χ1) is 8.80. The highest BCUT2D eigenvalue weighted by Gasteiger charge is 1.98. The molecule has 0 saturated heterocycles. The SMILES string of the molecule is CCCCN=C(NN)Nc1ccc(OCC)cc1. The molecular weight excluding hydrogens is 228 g/mol. The van der Waals surface area contributed by atoms with Gasteiger partial charge in [0, 0.05) is 12.2 Å². The number of hydrazine groups is 1. The van der Waals surface area contributed by atoms with E-state index in [2.05, 4.69) is 22.7 Å². The maximum Gasteiger partial charge on any atom is 0.210 e. The van der Waals surface area contributed by atoms with Crippen LogP contribution < -0.4 is 21.3 Å². The molecule has 0 aliphatic rings. The lowest BCUT2D eigenvalue weighted by molar-refractivity contribution is 0.340. The van der Waals surface area contributed by atoms with Gasteiger partial charge in [-0.05, 0) is 37.6 Å². The molecule has 100 valence electrons. The third-order valence-electron chi connectivity index (χ3n) is 2.35. The van der Waals surface area contributed by atoms with Crippen molar-refractivity contribution in [2.45, 2.75) is 26.7 Å². The number of rotatable bonds is 6. The van der Waals surface area contributed by atoms with Crippen molar-refractivity contribution in [3.8, 4) is 5.75 Å². The van der Waals surface area contributed by atoms with Gasteiger partial charge in [-0.1, -0.05) is 13.3 Å². The summed E-state index contributed by atoms with van der Waals surface area (Å²) in [7, 11) is 0. The summed E-state index contributed by atoms with van der Waals surface area (Å²) in [6.45, 7) is 5.52. The standard InChI is InChI=1S/C13H22N4O/c1-3-5-10-15-13(17-14)16-11-6-8-12(9-7-11)18-4-2/h6-9H,3-5,10,14H2,1-2H3,(H2,15,16,17). The number of aliphatic imine (C=N–C) groups is 1. The average molecular weight is 250 g/mol. The molecule has 0 spiro atoms. The molecule has 1 aromatic carbocycles. The quantitative estimate of drug-likeness (QED) is 0.238. The van der Waals surface area contributed by atoms with Crippen molar-refractivity contribution in [1.29, 1.82) is 0 Å². The Balaban J connectivity index is 2.55. The fourth-order valence-electron chi connectivity index (χ4n) is 1.41. The molecule has 0 fully saturated rings. The van der Waals surface area contributed by atoms with Gasteiger partial charge in [0.1, 0.15) is 5.75 Å². The van der Waals surface area contributed by atoms with Crippen molar-refractivity contribution in [2.24, 2.45) is 10.8 Å². The molecular formula is C13H22N4O. The molecule has 0 atom stereocenters. The van der Waals surface area contributed by atoms with Gasteiger partial charge in [0.25, 0.3) is 0 Å². The van der Waals surface area contributed by atoms with Crippen LogP contribution in [0.5, 0.6) is 5.75 Å². The van der Waals surface area contributed by atoms with Gasteiger partial charge >= 0.3 is 0 Å². The summed E-state index contributed by atoms with van der Waals surface area (Å²) in [5.41, 5.74) is 3.48. The smallest absolute Gasteiger partial charge is 0.210 e. The number of unbranched alkanes of at least 4 members (excludes halogenated alkanes) is 1. The molecule has 0 saturated carbocycles. The molecule has 0 bridgehead atoms. The van der Waals surface area contributed by atoms with Crippen molar-refractivity contribution >= 4 is 11.6 Å². The molecule has 5 nitrogen and oxygen atoms in total. The van der Waals surface area contributed by atoms with E-state index in [-0.39, 0.29) is 0 Å². The summed E-state index contributed by atoms with van der Waals surface area (Å²) in [6.07, 6.45) is 2.17. The minimum Gasteiger partial charge on any atom is -0.494 e. The molecule has 0 aliphatic carbocycles. The van der Waals surface area contributed by atoms with Crippen molar-refractivity contribution in [1.82, 2.24) is 5.43 Å². The normalized spacial score (nSPS) is 11.2. The van der Waals surface area contributed by atoms with Gasteiger partial charge in [-0.3, -0.25) is 10.4 Å². The van der Waals surface area contributed by atoms with E-state index in [9.17, 15) is 0 Å². The highest BCUT2D eigenvalue weighted by atomic mass is 16.5. The van der Waals surface area contributed by atoms with E-state index in [1.54, 1.807) is 0 Å². The van der Waals surface area contributed by atoms with Crippen LogP contribution in [-0.4, -0.2) is 19.1 Å².